The fraction of sp³-hybridized carbons (Fsp3) is 0.471. The normalized spacial score (nSPS) is 19.5. The summed E-state index contributed by atoms with van der Waals surface area (Å²) >= 11 is 0. The number of benzene rings is 1. The van der Waals surface area contributed by atoms with E-state index in [1.54, 1.807) is 19.2 Å². The summed E-state index contributed by atoms with van der Waals surface area (Å²) in [6, 6.07) is 7.17. The first-order chi connectivity index (χ1) is 11.5. The van der Waals surface area contributed by atoms with Crippen LogP contribution >= 0.6 is 0 Å². The van der Waals surface area contributed by atoms with Crippen molar-refractivity contribution in [2.45, 2.75) is 31.2 Å². The van der Waals surface area contributed by atoms with Gasteiger partial charge < -0.3 is 9.88 Å². The molecule has 1 aromatic heterocycles. The molecule has 2 aromatic rings. The maximum atomic E-state index is 13.0. The van der Waals surface area contributed by atoms with Crippen LogP contribution in [0.25, 0.3) is 10.9 Å². The van der Waals surface area contributed by atoms with Crippen LogP contribution in [0.5, 0.6) is 0 Å². The molecule has 2 heterocycles. The van der Waals surface area contributed by atoms with Gasteiger partial charge in [0.2, 0.25) is 15.9 Å². The number of rotatable bonds is 4. The van der Waals surface area contributed by atoms with Crippen LogP contribution in [-0.2, 0) is 21.4 Å². The summed E-state index contributed by atoms with van der Waals surface area (Å²) in [5.74, 6) is -0.367. The van der Waals surface area contributed by atoms with Gasteiger partial charge in [-0.1, -0.05) is 0 Å². The van der Waals surface area contributed by atoms with Gasteiger partial charge in [-0.2, -0.15) is 4.31 Å². The van der Waals surface area contributed by atoms with Crippen LogP contribution in [0.2, 0.25) is 0 Å². The van der Waals surface area contributed by atoms with Crippen molar-refractivity contribution in [3.8, 4) is 0 Å². The van der Waals surface area contributed by atoms with Gasteiger partial charge in [-0.15, -0.1) is 0 Å². The second kappa shape index (κ2) is 6.57. The smallest absolute Gasteiger partial charge is 0.243 e. The van der Waals surface area contributed by atoms with E-state index in [0.717, 1.165) is 23.9 Å². The van der Waals surface area contributed by atoms with E-state index in [0.29, 0.717) is 17.9 Å². The zero-order chi connectivity index (χ0) is 17.3. The van der Waals surface area contributed by atoms with E-state index in [-0.39, 0.29) is 18.4 Å². The average Bonchev–Trinajstić information content (AvgIpc) is 3.03. The van der Waals surface area contributed by atoms with Crippen LogP contribution in [0, 0.1) is 5.92 Å². The maximum absolute atomic E-state index is 13.0. The first kappa shape index (κ1) is 17.0. The van der Waals surface area contributed by atoms with Gasteiger partial charge >= 0.3 is 0 Å². The number of carbonyl (C=O) groups excluding carboxylic acids is 1. The molecule has 0 bridgehead atoms. The molecule has 1 saturated heterocycles. The van der Waals surface area contributed by atoms with Gasteiger partial charge in [-0.3, -0.25) is 4.79 Å². The highest BCUT2D eigenvalue weighted by Crippen LogP contribution is 2.26. The van der Waals surface area contributed by atoms with Crippen molar-refractivity contribution in [3.63, 3.8) is 0 Å². The molecule has 6 nitrogen and oxygen atoms in total. The summed E-state index contributed by atoms with van der Waals surface area (Å²) in [5, 5.41) is 3.53. The second-order valence-electron chi connectivity index (χ2n) is 6.14. The summed E-state index contributed by atoms with van der Waals surface area (Å²) < 4.78 is 29.4. The number of aryl methyl sites for hydroxylation is 1. The minimum absolute atomic E-state index is 0.0922. The quantitative estimate of drug-likeness (QED) is 0.915. The van der Waals surface area contributed by atoms with Gasteiger partial charge in [0.25, 0.3) is 0 Å². The van der Waals surface area contributed by atoms with Crippen molar-refractivity contribution in [3.05, 3.63) is 30.5 Å². The molecule has 7 heteroatoms. The molecule has 3 rings (SSSR count). The fourth-order valence-electron chi connectivity index (χ4n) is 3.34. The van der Waals surface area contributed by atoms with Crippen molar-refractivity contribution in [1.82, 2.24) is 14.2 Å². The molecule has 0 unspecified atom stereocenters. The Morgan fingerprint density at radius 2 is 2.12 bits per heavy atom. The van der Waals surface area contributed by atoms with Crippen LogP contribution in [0.15, 0.2) is 35.4 Å². The number of sulfonamides is 1. The SMILES string of the molecule is CCn1ccc2cc(S(=O)(=O)N3CCC[C@H](C(=O)NC)C3)ccc21. The lowest BCUT2D eigenvalue weighted by atomic mass is 9.99. The largest absolute Gasteiger partial charge is 0.359 e. The second-order valence-corrected chi connectivity index (χ2v) is 8.08. The molecule has 0 spiro atoms. The third-order valence-corrected chi connectivity index (χ3v) is 6.58. The summed E-state index contributed by atoms with van der Waals surface area (Å²) in [6.07, 6.45) is 3.39. The van der Waals surface area contributed by atoms with Gasteiger partial charge in [-0.05, 0) is 44.0 Å². The molecule has 1 aliphatic rings. The van der Waals surface area contributed by atoms with E-state index in [1.807, 2.05) is 18.3 Å². The lowest BCUT2D eigenvalue weighted by molar-refractivity contribution is -0.125. The summed E-state index contributed by atoms with van der Waals surface area (Å²) in [6.45, 7) is 3.60. The minimum atomic E-state index is -3.58. The monoisotopic (exact) mass is 349 g/mol. The third-order valence-electron chi connectivity index (χ3n) is 4.72. The molecule has 130 valence electrons. The highest BCUT2D eigenvalue weighted by atomic mass is 32.2. The number of piperidine rings is 1. The Morgan fingerprint density at radius 1 is 1.33 bits per heavy atom. The predicted molar refractivity (Wildman–Crippen MR) is 93.2 cm³/mol. The Labute approximate surface area is 142 Å². The van der Waals surface area contributed by atoms with Crippen LogP contribution in [0.4, 0.5) is 0 Å². The third kappa shape index (κ3) is 2.93. The van der Waals surface area contributed by atoms with Crippen LogP contribution in [0.3, 0.4) is 0 Å². The molecule has 1 aromatic carbocycles. The highest BCUT2D eigenvalue weighted by molar-refractivity contribution is 7.89. The molecule has 1 amide bonds. The summed E-state index contributed by atoms with van der Waals surface area (Å²) in [4.78, 5) is 12.1. The number of hydrogen-bond acceptors (Lipinski definition) is 3. The molecule has 1 aliphatic heterocycles. The summed E-state index contributed by atoms with van der Waals surface area (Å²) in [7, 11) is -2.00. The summed E-state index contributed by atoms with van der Waals surface area (Å²) in [5.41, 5.74) is 1.03. The topological polar surface area (TPSA) is 71.4 Å². The number of fused-ring (bicyclic) bond motifs is 1. The van der Waals surface area contributed by atoms with Crippen molar-refractivity contribution >= 4 is 26.8 Å². The van der Waals surface area contributed by atoms with Crippen molar-refractivity contribution in [2.24, 2.45) is 5.92 Å². The zero-order valence-electron chi connectivity index (χ0n) is 14.0. The predicted octanol–water partition coefficient (Wildman–Crippen LogP) is 1.81. The van der Waals surface area contributed by atoms with Crippen molar-refractivity contribution in [1.29, 1.82) is 0 Å². The minimum Gasteiger partial charge on any atom is -0.359 e. The average molecular weight is 349 g/mol. The van der Waals surface area contributed by atoms with Crippen molar-refractivity contribution in [2.75, 3.05) is 20.1 Å². The lowest BCUT2D eigenvalue weighted by Gasteiger charge is -2.31. The Bertz CT molecular complexity index is 857. The number of carbonyl (C=O) groups is 1. The fourth-order valence-corrected chi connectivity index (χ4v) is 4.90. The number of hydrogen-bond donors (Lipinski definition) is 1. The lowest BCUT2D eigenvalue weighted by Crippen LogP contribution is -2.44. The Hall–Kier alpha value is -1.86. The van der Waals surface area contributed by atoms with E-state index < -0.39 is 10.0 Å². The molecular weight excluding hydrogens is 326 g/mol. The Kier molecular flexibility index (Phi) is 4.64. The zero-order valence-corrected chi connectivity index (χ0v) is 14.8. The van der Waals surface area contributed by atoms with E-state index in [4.69, 9.17) is 0 Å². The standard InChI is InChI=1S/C17H23N3O3S/c1-3-19-10-8-13-11-15(6-7-16(13)19)24(22,23)20-9-4-5-14(12-20)17(21)18-2/h6-8,10-11,14H,3-5,9,12H2,1-2H3,(H,18,21)/t14-/m0/s1. The van der Waals surface area contributed by atoms with E-state index in [2.05, 4.69) is 16.8 Å². The van der Waals surface area contributed by atoms with Crippen LogP contribution in [0.1, 0.15) is 19.8 Å². The first-order valence-corrected chi connectivity index (χ1v) is 9.72. The Balaban J connectivity index is 1.91. The molecule has 0 saturated carbocycles. The Morgan fingerprint density at radius 3 is 2.83 bits per heavy atom. The molecule has 1 fully saturated rings. The number of nitrogens with one attached hydrogen (secondary N) is 1. The molecule has 1 N–H and O–H groups in total. The van der Waals surface area contributed by atoms with Crippen LogP contribution in [-0.4, -0.2) is 43.3 Å². The first-order valence-electron chi connectivity index (χ1n) is 8.28. The van der Waals surface area contributed by atoms with Gasteiger partial charge in [0.15, 0.2) is 0 Å². The van der Waals surface area contributed by atoms with Gasteiger partial charge in [0.1, 0.15) is 0 Å². The van der Waals surface area contributed by atoms with Gasteiger partial charge in [-0.25, -0.2) is 8.42 Å². The van der Waals surface area contributed by atoms with E-state index >= 15 is 0 Å². The highest BCUT2D eigenvalue weighted by Gasteiger charge is 2.33. The van der Waals surface area contributed by atoms with Crippen LogP contribution < -0.4 is 5.32 Å². The molecular formula is C17H23N3O3S. The van der Waals surface area contributed by atoms with Gasteiger partial charge in [0.05, 0.1) is 10.8 Å². The molecule has 0 radical (unpaired) electrons. The number of nitrogens with zero attached hydrogens (tertiary/aromatic N) is 2. The van der Waals surface area contributed by atoms with E-state index in [9.17, 15) is 13.2 Å². The molecule has 0 aliphatic carbocycles. The number of amides is 1. The molecule has 24 heavy (non-hydrogen) atoms. The van der Waals surface area contributed by atoms with Crippen molar-refractivity contribution < 1.29 is 13.2 Å². The van der Waals surface area contributed by atoms with E-state index in [1.165, 1.54) is 4.31 Å². The number of aromatic nitrogens is 1. The molecule has 1 atom stereocenters. The van der Waals surface area contributed by atoms with Gasteiger partial charge in [0, 0.05) is 43.8 Å². The maximum Gasteiger partial charge on any atom is 0.243 e.